The van der Waals surface area contributed by atoms with E-state index in [0.29, 0.717) is 5.57 Å². The Morgan fingerprint density at radius 1 is 0.947 bits per heavy atom. The largest absolute Gasteiger partial charge is 0.451 e. The second-order valence-corrected chi connectivity index (χ2v) is 10.6. The number of ether oxygens (including phenoxy) is 1. The average Bonchev–Trinajstić information content (AvgIpc) is 2.95. The highest BCUT2D eigenvalue weighted by Gasteiger charge is 2.57. The molecule has 0 saturated carbocycles. The summed E-state index contributed by atoms with van der Waals surface area (Å²) in [4.78, 5) is 41.8. The first-order chi connectivity index (χ1) is 18.5. The number of allylic oxidation sites excluding steroid dienone is 1. The van der Waals surface area contributed by atoms with Gasteiger partial charge in [-0.15, -0.1) is 11.8 Å². The lowest BCUT2D eigenvalue weighted by atomic mass is 9.96. The second kappa shape index (κ2) is 11.2. The summed E-state index contributed by atoms with van der Waals surface area (Å²) < 4.78 is 6.06. The summed E-state index contributed by atoms with van der Waals surface area (Å²) >= 11 is 1.36. The Morgan fingerprint density at radius 2 is 1.50 bits per heavy atom. The minimum atomic E-state index is -1.07. The van der Waals surface area contributed by atoms with Crippen molar-refractivity contribution < 1.29 is 24.2 Å². The summed E-state index contributed by atoms with van der Waals surface area (Å²) in [5.74, 6) is -1.27. The Morgan fingerprint density at radius 3 is 2.05 bits per heavy atom. The van der Waals surface area contributed by atoms with Crippen LogP contribution in [0.3, 0.4) is 0 Å². The lowest BCUT2D eigenvalue weighted by Gasteiger charge is -2.52. The fraction of sp³-hybridized carbons (Fsp3) is 0.233. The van der Waals surface area contributed by atoms with Gasteiger partial charge in [-0.25, -0.2) is 4.79 Å². The first-order valence-corrected chi connectivity index (χ1v) is 13.3. The van der Waals surface area contributed by atoms with Gasteiger partial charge < -0.3 is 20.1 Å². The van der Waals surface area contributed by atoms with Gasteiger partial charge in [0.15, 0.2) is 12.1 Å². The molecule has 38 heavy (non-hydrogen) atoms. The van der Waals surface area contributed by atoms with E-state index in [1.54, 1.807) is 0 Å². The summed E-state index contributed by atoms with van der Waals surface area (Å²) in [6.07, 6.45) is -0.532. The number of thioether (sulfide) groups is 1. The molecule has 3 aromatic carbocycles. The maximum absolute atomic E-state index is 13.7. The normalized spacial score (nSPS) is 20.6. The van der Waals surface area contributed by atoms with Gasteiger partial charge in [0.25, 0.3) is 0 Å². The van der Waals surface area contributed by atoms with E-state index in [-0.39, 0.29) is 24.8 Å². The number of rotatable bonds is 8. The Kier molecular flexibility index (Phi) is 7.62. The van der Waals surface area contributed by atoms with Crippen molar-refractivity contribution in [2.45, 2.75) is 36.9 Å². The molecule has 2 unspecified atom stereocenters. The molecule has 0 bridgehead atoms. The van der Waals surface area contributed by atoms with Crippen molar-refractivity contribution in [1.29, 1.82) is 0 Å². The topological polar surface area (TPSA) is 95.9 Å². The van der Waals surface area contributed by atoms with Crippen molar-refractivity contribution in [3.8, 4) is 0 Å². The van der Waals surface area contributed by atoms with Crippen LogP contribution >= 0.6 is 11.8 Å². The molecule has 0 radical (unpaired) electrons. The van der Waals surface area contributed by atoms with Crippen molar-refractivity contribution in [2.24, 2.45) is 0 Å². The quantitative estimate of drug-likeness (QED) is 0.343. The number of hydrogen-bond donors (Lipinski definition) is 2. The molecule has 3 aromatic rings. The summed E-state index contributed by atoms with van der Waals surface area (Å²) in [7, 11) is 0. The minimum Gasteiger partial charge on any atom is -0.451 e. The maximum Gasteiger partial charge on any atom is 0.334 e. The second-order valence-electron chi connectivity index (χ2n) is 9.24. The lowest BCUT2D eigenvalue weighted by Crippen LogP contribution is -2.74. The van der Waals surface area contributed by atoms with E-state index in [4.69, 9.17) is 4.74 Å². The van der Waals surface area contributed by atoms with Crippen LogP contribution in [0.5, 0.6) is 0 Å². The maximum atomic E-state index is 13.7. The summed E-state index contributed by atoms with van der Waals surface area (Å²) in [6.45, 7) is 1.42. The summed E-state index contributed by atoms with van der Waals surface area (Å²) in [5, 5.41) is 12.5. The third kappa shape index (κ3) is 5.10. The number of aliphatic hydroxyl groups excluding tert-OH is 1. The number of carbonyl (C=O) groups is 3. The van der Waals surface area contributed by atoms with E-state index in [1.165, 1.54) is 16.7 Å². The molecule has 7 nitrogen and oxygen atoms in total. The van der Waals surface area contributed by atoms with Crippen LogP contribution in [0.2, 0.25) is 0 Å². The van der Waals surface area contributed by atoms with Crippen LogP contribution in [-0.2, 0) is 25.5 Å². The van der Waals surface area contributed by atoms with Crippen molar-refractivity contribution in [3.05, 3.63) is 118 Å². The van der Waals surface area contributed by atoms with E-state index in [9.17, 15) is 19.5 Å². The molecule has 0 aliphatic carbocycles. The highest BCUT2D eigenvalue weighted by atomic mass is 32.2. The number of fused-ring (bicyclic) bond motifs is 1. The third-order valence-corrected chi connectivity index (χ3v) is 8.15. The van der Waals surface area contributed by atoms with Crippen LogP contribution in [0.25, 0.3) is 0 Å². The van der Waals surface area contributed by atoms with Crippen molar-refractivity contribution in [1.82, 2.24) is 10.2 Å². The van der Waals surface area contributed by atoms with E-state index in [0.717, 1.165) is 21.6 Å². The predicted octanol–water partition coefficient (Wildman–Crippen LogP) is 3.60. The Hall–Kier alpha value is -3.88. The molecule has 0 aromatic heterocycles. The van der Waals surface area contributed by atoms with Gasteiger partial charge in [0.1, 0.15) is 11.4 Å². The fourth-order valence-electron chi connectivity index (χ4n) is 4.86. The lowest BCUT2D eigenvalue weighted by molar-refractivity contribution is -0.165. The third-order valence-electron chi connectivity index (χ3n) is 6.79. The number of nitrogens with zero attached hydrogens (tertiary/aromatic N) is 1. The molecular weight excluding hydrogens is 500 g/mol. The van der Waals surface area contributed by atoms with E-state index < -0.39 is 29.5 Å². The van der Waals surface area contributed by atoms with Crippen LogP contribution in [-0.4, -0.2) is 51.9 Å². The monoisotopic (exact) mass is 528 g/mol. The molecule has 2 amide bonds. The zero-order chi connectivity index (χ0) is 26.6. The van der Waals surface area contributed by atoms with Crippen LogP contribution in [0.1, 0.15) is 29.7 Å². The van der Waals surface area contributed by atoms with Gasteiger partial charge in [-0.2, -0.15) is 0 Å². The number of amides is 2. The predicted molar refractivity (Wildman–Crippen MR) is 145 cm³/mol. The van der Waals surface area contributed by atoms with Crippen LogP contribution < -0.4 is 5.32 Å². The summed E-state index contributed by atoms with van der Waals surface area (Å²) in [6, 6.07) is 26.2. The summed E-state index contributed by atoms with van der Waals surface area (Å²) in [5.41, 5.74) is 2.86. The first-order valence-electron chi connectivity index (χ1n) is 12.4. The van der Waals surface area contributed by atoms with Gasteiger partial charge in [0.05, 0.1) is 13.0 Å². The Balaban J connectivity index is 1.37. The molecule has 2 heterocycles. The van der Waals surface area contributed by atoms with Gasteiger partial charge in [0, 0.05) is 0 Å². The first kappa shape index (κ1) is 25.8. The van der Waals surface area contributed by atoms with Gasteiger partial charge >= 0.3 is 5.97 Å². The van der Waals surface area contributed by atoms with Crippen LogP contribution in [0.4, 0.5) is 0 Å². The molecule has 0 spiro atoms. The number of carbonyl (C=O) groups excluding carboxylic acids is 3. The van der Waals surface area contributed by atoms with Crippen LogP contribution in [0, 0.1) is 0 Å². The Labute approximate surface area is 225 Å². The molecule has 1 fully saturated rings. The molecule has 2 aliphatic rings. The van der Waals surface area contributed by atoms with E-state index >= 15 is 0 Å². The average molecular weight is 529 g/mol. The van der Waals surface area contributed by atoms with Crippen molar-refractivity contribution in [3.63, 3.8) is 0 Å². The highest BCUT2D eigenvalue weighted by molar-refractivity contribution is 8.03. The minimum absolute atomic E-state index is 0.153. The zero-order valence-corrected chi connectivity index (χ0v) is 21.6. The van der Waals surface area contributed by atoms with Gasteiger partial charge in [-0.05, 0) is 34.1 Å². The molecule has 2 aliphatic heterocycles. The molecule has 3 atom stereocenters. The highest BCUT2D eigenvalue weighted by Crippen LogP contribution is 2.45. The Bertz CT molecular complexity index is 1310. The fourth-order valence-corrected chi connectivity index (χ4v) is 6.21. The number of benzene rings is 3. The number of hydrogen-bond acceptors (Lipinski definition) is 6. The molecule has 194 valence electrons. The standard InChI is InChI=1S/C30H28N2O5S/c1-19-23(18-33)26(30(36)37-27(21-13-7-3-8-14-21)22-15-9-4-10-16-22)32-28(35)25(29(32)38-19)31-24(34)17-20-11-5-2-6-12-20/h2-16,25-27,29,33H,17-18H2,1H3,(H,31,34)/t25?,26?,29-/m1/s1. The molecule has 5 rings (SSSR count). The number of aliphatic hydroxyl groups is 1. The molecule has 2 N–H and O–H groups in total. The van der Waals surface area contributed by atoms with E-state index in [1.807, 2.05) is 97.9 Å². The smallest absolute Gasteiger partial charge is 0.334 e. The zero-order valence-electron chi connectivity index (χ0n) is 20.8. The number of esters is 1. The van der Waals surface area contributed by atoms with Gasteiger partial charge in [-0.3, -0.25) is 9.59 Å². The van der Waals surface area contributed by atoms with Crippen molar-refractivity contribution >= 4 is 29.5 Å². The van der Waals surface area contributed by atoms with E-state index in [2.05, 4.69) is 5.32 Å². The molecular formula is C30H28N2O5S. The van der Waals surface area contributed by atoms with Crippen LogP contribution in [0.15, 0.2) is 101 Å². The van der Waals surface area contributed by atoms with Gasteiger partial charge in [-0.1, -0.05) is 91.0 Å². The van der Waals surface area contributed by atoms with Gasteiger partial charge in [0.2, 0.25) is 11.8 Å². The van der Waals surface area contributed by atoms with Crippen molar-refractivity contribution in [2.75, 3.05) is 6.61 Å². The number of nitrogens with one attached hydrogen (secondary N) is 1. The molecule has 8 heteroatoms. The molecule has 1 saturated heterocycles. The SMILES string of the molecule is CC1=C(CO)C(C(=O)OC(c2ccccc2)c2ccccc2)N2C(=O)C(NC(=O)Cc3ccccc3)[C@H]2S1. The number of β-lactam (4-membered cyclic amide) rings is 1.